The summed E-state index contributed by atoms with van der Waals surface area (Å²) in [5, 5.41) is 13.9. The van der Waals surface area contributed by atoms with E-state index in [0.717, 1.165) is 16.9 Å². The number of hydrogen-bond donors (Lipinski definition) is 4. The van der Waals surface area contributed by atoms with Crippen LogP contribution in [0.1, 0.15) is 27.0 Å². The van der Waals surface area contributed by atoms with Gasteiger partial charge in [-0.3, -0.25) is 9.36 Å². The molecule has 0 saturated carbocycles. The van der Waals surface area contributed by atoms with E-state index in [1.165, 1.54) is 6.20 Å². The fraction of sp³-hybridized carbons (Fsp3) is 0.174. The standard InChI is InChI=1S/C23H24N6O3/c1-12-4-9-17(30)13(2)19(12)29-20(24)18(21(25)31)16-11-27-23(28-22(16)29)26-10-14-5-7-15(32-3)8-6-14/h4-9,11,30H,10,24H2,1-3H3,(H2,25,31)(H,26,27,28). The van der Waals surface area contributed by atoms with E-state index in [2.05, 4.69) is 15.3 Å². The number of nitrogens with zero attached hydrogens (tertiary/aromatic N) is 3. The minimum absolute atomic E-state index is 0.111. The van der Waals surface area contributed by atoms with Gasteiger partial charge in [0.2, 0.25) is 5.95 Å². The molecule has 6 N–H and O–H groups in total. The Bertz CT molecular complexity index is 1330. The number of methoxy groups -OCH3 is 1. The van der Waals surface area contributed by atoms with Gasteiger partial charge in [0.1, 0.15) is 17.3 Å². The summed E-state index contributed by atoms with van der Waals surface area (Å²) in [5.41, 5.74) is 15.6. The molecule has 32 heavy (non-hydrogen) atoms. The van der Waals surface area contributed by atoms with Gasteiger partial charge in [0.15, 0.2) is 5.65 Å². The summed E-state index contributed by atoms with van der Waals surface area (Å²) >= 11 is 0. The van der Waals surface area contributed by atoms with Crippen molar-refractivity contribution in [2.45, 2.75) is 20.4 Å². The highest BCUT2D eigenvalue weighted by atomic mass is 16.5. The van der Waals surface area contributed by atoms with E-state index < -0.39 is 5.91 Å². The van der Waals surface area contributed by atoms with Crippen molar-refractivity contribution >= 4 is 28.7 Å². The molecule has 0 unspecified atom stereocenters. The van der Waals surface area contributed by atoms with Crippen molar-refractivity contribution in [3.63, 3.8) is 0 Å². The summed E-state index contributed by atoms with van der Waals surface area (Å²) in [5.74, 6) is 0.712. The number of phenols is 1. The van der Waals surface area contributed by atoms with Crippen molar-refractivity contribution in [3.05, 3.63) is 64.8 Å². The van der Waals surface area contributed by atoms with Crippen LogP contribution in [-0.4, -0.2) is 32.7 Å². The zero-order valence-corrected chi connectivity index (χ0v) is 18.0. The number of aromatic hydroxyl groups is 1. The van der Waals surface area contributed by atoms with Crippen LogP contribution in [0.4, 0.5) is 11.8 Å². The van der Waals surface area contributed by atoms with Crippen LogP contribution in [0.3, 0.4) is 0 Å². The van der Waals surface area contributed by atoms with Crippen LogP contribution in [0.5, 0.6) is 11.5 Å². The third-order valence-electron chi connectivity index (χ3n) is 5.43. The summed E-state index contributed by atoms with van der Waals surface area (Å²) in [6.45, 7) is 4.15. The first kappa shape index (κ1) is 21.0. The van der Waals surface area contributed by atoms with Gasteiger partial charge in [0.05, 0.1) is 23.7 Å². The molecule has 4 aromatic rings. The SMILES string of the molecule is COc1ccc(CNc2ncc3c(C(N)=O)c(N)n(-c4c(C)ccc(O)c4C)c3n2)cc1. The maximum Gasteiger partial charge on any atom is 0.253 e. The molecule has 2 aromatic carbocycles. The molecule has 0 aliphatic heterocycles. The average Bonchev–Trinajstić information content (AvgIpc) is 3.07. The molecule has 0 radical (unpaired) electrons. The molecule has 0 spiro atoms. The number of nitrogens with two attached hydrogens (primary N) is 2. The predicted octanol–water partition coefficient (Wildman–Crippen LogP) is 3.04. The van der Waals surface area contributed by atoms with Gasteiger partial charge in [0, 0.05) is 18.3 Å². The topological polar surface area (TPSA) is 141 Å². The molecule has 2 aromatic heterocycles. The fourth-order valence-electron chi connectivity index (χ4n) is 3.75. The van der Waals surface area contributed by atoms with Gasteiger partial charge in [-0.1, -0.05) is 18.2 Å². The number of amides is 1. The normalized spacial score (nSPS) is 11.0. The Labute approximate surface area is 184 Å². The molecule has 1 amide bonds. The van der Waals surface area contributed by atoms with Gasteiger partial charge >= 0.3 is 0 Å². The Morgan fingerprint density at radius 1 is 1.19 bits per heavy atom. The second-order valence-electron chi connectivity index (χ2n) is 7.47. The molecule has 0 bridgehead atoms. The minimum Gasteiger partial charge on any atom is -0.508 e. The van der Waals surface area contributed by atoms with Crippen LogP contribution >= 0.6 is 0 Å². The lowest BCUT2D eigenvalue weighted by molar-refractivity contribution is 0.100. The number of hydrogen-bond acceptors (Lipinski definition) is 7. The number of ether oxygens (including phenoxy) is 1. The molecule has 4 rings (SSSR count). The Balaban J connectivity index is 1.82. The Morgan fingerprint density at radius 2 is 1.91 bits per heavy atom. The highest BCUT2D eigenvalue weighted by molar-refractivity contribution is 6.10. The quantitative estimate of drug-likeness (QED) is 0.367. The van der Waals surface area contributed by atoms with Crippen LogP contribution < -0.4 is 21.5 Å². The first-order valence-electron chi connectivity index (χ1n) is 9.95. The monoisotopic (exact) mass is 432 g/mol. The molecule has 2 heterocycles. The van der Waals surface area contributed by atoms with E-state index >= 15 is 0 Å². The molecule has 9 heteroatoms. The van der Waals surface area contributed by atoms with Crippen LogP contribution in [-0.2, 0) is 6.54 Å². The van der Waals surface area contributed by atoms with Crippen LogP contribution in [0.25, 0.3) is 16.7 Å². The number of rotatable bonds is 6. The molecule has 0 saturated heterocycles. The Morgan fingerprint density at radius 3 is 2.56 bits per heavy atom. The zero-order chi connectivity index (χ0) is 23.0. The number of nitrogen functional groups attached to an aromatic ring is 1. The lowest BCUT2D eigenvalue weighted by Gasteiger charge is -2.15. The van der Waals surface area contributed by atoms with Gasteiger partial charge in [-0.2, -0.15) is 4.98 Å². The van der Waals surface area contributed by atoms with E-state index in [1.54, 1.807) is 30.7 Å². The smallest absolute Gasteiger partial charge is 0.253 e. The summed E-state index contributed by atoms with van der Waals surface area (Å²) in [6.07, 6.45) is 1.53. The number of nitrogens with one attached hydrogen (secondary N) is 1. The summed E-state index contributed by atoms with van der Waals surface area (Å²) < 4.78 is 6.82. The van der Waals surface area contributed by atoms with Gasteiger partial charge in [-0.15, -0.1) is 0 Å². The highest BCUT2D eigenvalue weighted by Crippen LogP contribution is 2.35. The van der Waals surface area contributed by atoms with Crippen molar-refractivity contribution in [3.8, 4) is 17.2 Å². The molecular weight excluding hydrogens is 408 g/mol. The van der Waals surface area contributed by atoms with Crippen molar-refractivity contribution in [1.82, 2.24) is 14.5 Å². The summed E-state index contributed by atoms with van der Waals surface area (Å²) in [7, 11) is 1.62. The molecule has 0 aliphatic carbocycles. The van der Waals surface area contributed by atoms with Crippen molar-refractivity contribution in [2.75, 3.05) is 18.2 Å². The Hall–Kier alpha value is -4.27. The summed E-state index contributed by atoms with van der Waals surface area (Å²) in [6, 6.07) is 11.0. The van der Waals surface area contributed by atoms with Crippen LogP contribution in [0.2, 0.25) is 0 Å². The minimum atomic E-state index is -0.677. The fourth-order valence-corrected chi connectivity index (χ4v) is 3.75. The lowest BCUT2D eigenvalue weighted by atomic mass is 10.1. The van der Waals surface area contributed by atoms with E-state index in [1.807, 2.05) is 31.2 Å². The lowest BCUT2D eigenvalue weighted by Crippen LogP contribution is -2.14. The van der Waals surface area contributed by atoms with Gasteiger partial charge in [0.25, 0.3) is 5.91 Å². The average molecular weight is 432 g/mol. The van der Waals surface area contributed by atoms with Crippen molar-refractivity contribution in [2.24, 2.45) is 5.73 Å². The molecule has 164 valence electrons. The second kappa shape index (κ2) is 8.10. The molecule has 0 atom stereocenters. The molecule has 0 aliphatic rings. The predicted molar refractivity (Wildman–Crippen MR) is 123 cm³/mol. The maximum atomic E-state index is 12.2. The third-order valence-corrected chi connectivity index (χ3v) is 5.43. The molecule has 0 fully saturated rings. The number of primary amides is 1. The number of fused-ring (bicyclic) bond motifs is 1. The van der Waals surface area contributed by atoms with Crippen LogP contribution in [0, 0.1) is 13.8 Å². The number of carbonyl (C=O) groups excluding carboxylic acids is 1. The molecule has 9 nitrogen and oxygen atoms in total. The summed E-state index contributed by atoms with van der Waals surface area (Å²) in [4.78, 5) is 21.1. The highest BCUT2D eigenvalue weighted by Gasteiger charge is 2.24. The third kappa shape index (κ3) is 3.53. The number of carbonyl (C=O) groups is 1. The number of aromatic nitrogens is 3. The molecular formula is C23H24N6O3. The number of benzene rings is 2. The van der Waals surface area contributed by atoms with Gasteiger partial charge < -0.3 is 26.6 Å². The second-order valence-corrected chi connectivity index (χ2v) is 7.47. The van der Waals surface area contributed by atoms with E-state index in [4.69, 9.17) is 16.2 Å². The van der Waals surface area contributed by atoms with E-state index in [0.29, 0.717) is 34.8 Å². The van der Waals surface area contributed by atoms with Gasteiger partial charge in [-0.05, 0) is 43.2 Å². The first-order chi connectivity index (χ1) is 15.3. The number of aryl methyl sites for hydroxylation is 1. The van der Waals surface area contributed by atoms with Crippen molar-refractivity contribution < 1.29 is 14.6 Å². The van der Waals surface area contributed by atoms with Gasteiger partial charge in [-0.25, -0.2) is 4.98 Å². The zero-order valence-electron chi connectivity index (χ0n) is 18.0. The first-order valence-corrected chi connectivity index (χ1v) is 9.95. The Kier molecular flexibility index (Phi) is 5.31. The van der Waals surface area contributed by atoms with Crippen LogP contribution in [0.15, 0.2) is 42.6 Å². The van der Waals surface area contributed by atoms with E-state index in [9.17, 15) is 9.90 Å². The maximum absolute atomic E-state index is 12.2. The van der Waals surface area contributed by atoms with Crippen molar-refractivity contribution in [1.29, 1.82) is 0 Å². The number of anilines is 2. The number of phenolic OH excluding ortho intramolecular Hbond substituents is 1. The van der Waals surface area contributed by atoms with E-state index in [-0.39, 0.29) is 17.1 Å². The largest absolute Gasteiger partial charge is 0.508 e.